The van der Waals surface area contributed by atoms with Crippen LogP contribution in [0.4, 0.5) is 5.69 Å². The summed E-state index contributed by atoms with van der Waals surface area (Å²) < 4.78 is 0. The average molecular weight is 402 g/mol. The predicted octanol–water partition coefficient (Wildman–Crippen LogP) is 3.28. The van der Waals surface area contributed by atoms with Gasteiger partial charge in [0.25, 0.3) is 0 Å². The number of carbonyl (C=O) groups excluding carboxylic acids is 2. The van der Waals surface area contributed by atoms with Crippen LogP contribution in [0.2, 0.25) is 0 Å². The molecule has 30 heavy (non-hydrogen) atoms. The quantitative estimate of drug-likeness (QED) is 0.528. The van der Waals surface area contributed by atoms with Gasteiger partial charge in [-0.3, -0.25) is 14.6 Å². The smallest absolute Gasteiger partial charge is 0.309 e. The number of primary amides is 1. The van der Waals surface area contributed by atoms with Crippen LogP contribution in [0, 0.1) is 0 Å². The largest absolute Gasteiger partial charge is 0.381 e. The van der Waals surface area contributed by atoms with Gasteiger partial charge in [0, 0.05) is 30.2 Å². The maximum atomic E-state index is 11.5. The van der Waals surface area contributed by atoms with E-state index in [4.69, 9.17) is 5.73 Å². The van der Waals surface area contributed by atoms with Crippen LogP contribution in [0.25, 0.3) is 11.1 Å². The highest BCUT2D eigenvalue weighted by Crippen LogP contribution is 2.20. The van der Waals surface area contributed by atoms with Crippen LogP contribution in [0.15, 0.2) is 73.1 Å². The molecular formula is C24H26N4O2. The van der Waals surface area contributed by atoms with E-state index in [1.807, 2.05) is 56.4 Å². The third kappa shape index (κ3) is 5.91. The van der Waals surface area contributed by atoms with Crippen molar-refractivity contribution in [2.75, 3.05) is 5.32 Å². The summed E-state index contributed by atoms with van der Waals surface area (Å²) in [5, 5.41) is 6.06. The van der Waals surface area contributed by atoms with E-state index in [2.05, 4.69) is 39.9 Å². The van der Waals surface area contributed by atoms with Gasteiger partial charge in [0.05, 0.1) is 0 Å². The Balaban J connectivity index is 1.54. The topological polar surface area (TPSA) is 97.1 Å². The standard InChI is InChI=1S/C24H26N4O2/c1-24(2,28-23(30)22(25)29)14-17-7-11-21(12-8-17)27-15-18-5-9-19(10-6-18)20-4-3-13-26-16-20/h3-13,16,27H,14-15H2,1-2H3,(H2,25,29)(H,28,30). The number of carbonyl (C=O) groups is 2. The van der Waals surface area contributed by atoms with Gasteiger partial charge in [0.2, 0.25) is 0 Å². The van der Waals surface area contributed by atoms with Crippen LogP contribution < -0.4 is 16.4 Å². The SMILES string of the molecule is CC(C)(Cc1ccc(NCc2ccc(-c3cccnc3)cc2)cc1)NC(=O)C(N)=O. The molecule has 4 N–H and O–H groups in total. The van der Waals surface area contributed by atoms with E-state index < -0.39 is 17.4 Å². The second kappa shape index (κ2) is 9.22. The normalized spacial score (nSPS) is 11.0. The molecule has 3 rings (SSSR count). The number of hydrogen-bond donors (Lipinski definition) is 3. The molecule has 0 radical (unpaired) electrons. The Bertz CT molecular complexity index is 998. The highest BCUT2D eigenvalue weighted by atomic mass is 16.2. The van der Waals surface area contributed by atoms with Crippen LogP contribution in [-0.4, -0.2) is 22.3 Å². The van der Waals surface area contributed by atoms with Gasteiger partial charge in [0.1, 0.15) is 0 Å². The Morgan fingerprint density at radius 1 is 0.933 bits per heavy atom. The third-order valence-electron chi connectivity index (χ3n) is 4.72. The van der Waals surface area contributed by atoms with E-state index in [0.717, 1.165) is 22.4 Å². The van der Waals surface area contributed by atoms with Gasteiger partial charge >= 0.3 is 11.8 Å². The molecule has 1 aromatic heterocycles. The highest BCUT2D eigenvalue weighted by Gasteiger charge is 2.23. The fourth-order valence-electron chi connectivity index (χ4n) is 3.22. The molecule has 0 aliphatic heterocycles. The first-order chi connectivity index (χ1) is 14.3. The van der Waals surface area contributed by atoms with Gasteiger partial charge in [0.15, 0.2) is 0 Å². The predicted molar refractivity (Wildman–Crippen MR) is 119 cm³/mol. The van der Waals surface area contributed by atoms with Gasteiger partial charge < -0.3 is 16.4 Å². The number of anilines is 1. The first-order valence-corrected chi connectivity index (χ1v) is 9.76. The molecule has 6 nitrogen and oxygen atoms in total. The number of nitrogens with one attached hydrogen (secondary N) is 2. The maximum Gasteiger partial charge on any atom is 0.309 e. The van der Waals surface area contributed by atoms with E-state index in [9.17, 15) is 9.59 Å². The lowest BCUT2D eigenvalue weighted by atomic mass is 9.94. The summed E-state index contributed by atoms with van der Waals surface area (Å²) in [7, 11) is 0. The second-order valence-electron chi connectivity index (χ2n) is 7.87. The first-order valence-electron chi connectivity index (χ1n) is 9.76. The highest BCUT2D eigenvalue weighted by molar-refractivity contribution is 6.34. The zero-order valence-electron chi connectivity index (χ0n) is 17.2. The molecule has 0 unspecified atom stereocenters. The summed E-state index contributed by atoms with van der Waals surface area (Å²) in [5.41, 5.74) is 9.92. The van der Waals surface area contributed by atoms with E-state index in [1.165, 1.54) is 5.56 Å². The Labute approximate surface area is 176 Å². The van der Waals surface area contributed by atoms with Crippen molar-refractivity contribution in [1.82, 2.24) is 10.3 Å². The lowest BCUT2D eigenvalue weighted by molar-refractivity contribution is -0.138. The van der Waals surface area contributed by atoms with Gasteiger partial charge in [-0.1, -0.05) is 42.5 Å². The summed E-state index contributed by atoms with van der Waals surface area (Å²) in [6, 6.07) is 20.4. The van der Waals surface area contributed by atoms with Crippen molar-refractivity contribution in [1.29, 1.82) is 0 Å². The van der Waals surface area contributed by atoms with Gasteiger partial charge in [-0.2, -0.15) is 0 Å². The summed E-state index contributed by atoms with van der Waals surface area (Å²) in [6.07, 6.45) is 4.21. The summed E-state index contributed by atoms with van der Waals surface area (Å²) in [6.45, 7) is 4.43. The number of pyridine rings is 1. The molecule has 0 saturated carbocycles. The van der Waals surface area contributed by atoms with E-state index in [0.29, 0.717) is 13.0 Å². The number of hydrogen-bond acceptors (Lipinski definition) is 4. The second-order valence-corrected chi connectivity index (χ2v) is 7.87. The minimum Gasteiger partial charge on any atom is -0.381 e. The molecule has 1 heterocycles. The Hall–Kier alpha value is -3.67. The molecule has 2 aromatic carbocycles. The van der Waals surface area contributed by atoms with Crippen LogP contribution in [-0.2, 0) is 22.6 Å². The zero-order chi connectivity index (χ0) is 21.6. The van der Waals surface area contributed by atoms with Crippen molar-refractivity contribution in [3.63, 3.8) is 0 Å². The lowest BCUT2D eigenvalue weighted by Gasteiger charge is -2.25. The van der Waals surface area contributed by atoms with Gasteiger partial charge in [-0.25, -0.2) is 0 Å². The Morgan fingerprint density at radius 2 is 1.60 bits per heavy atom. The van der Waals surface area contributed by atoms with E-state index in [-0.39, 0.29) is 0 Å². The molecular weight excluding hydrogens is 376 g/mol. The van der Waals surface area contributed by atoms with Gasteiger partial charge in [-0.15, -0.1) is 0 Å². The first kappa shape index (κ1) is 21.0. The van der Waals surface area contributed by atoms with Crippen molar-refractivity contribution in [2.24, 2.45) is 5.73 Å². The molecule has 6 heteroatoms. The number of nitrogens with zero attached hydrogens (tertiary/aromatic N) is 1. The molecule has 0 fully saturated rings. The maximum absolute atomic E-state index is 11.5. The third-order valence-corrected chi connectivity index (χ3v) is 4.72. The molecule has 0 aliphatic rings. The summed E-state index contributed by atoms with van der Waals surface area (Å²) >= 11 is 0. The molecule has 0 atom stereocenters. The number of amides is 2. The molecule has 3 aromatic rings. The molecule has 0 bridgehead atoms. The monoisotopic (exact) mass is 402 g/mol. The van der Waals surface area contributed by atoms with Crippen molar-refractivity contribution in [3.8, 4) is 11.1 Å². The number of nitrogens with two attached hydrogens (primary N) is 1. The van der Waals surface area contributed by atoms with Gasteiger partial charge in [-0.05, 0) is 60.7 Å². The minimum absolute atomic E-state index is 0.572. The Kier molecular flexibility index (Phi) is 6.47. The number of aromatic nitrogens is 1. The number of benzene rings is 2. The fraction of sp³-hybridized carbons (Fsp3) is 0.208. The van der Waals surface area contributed by atoms with Crippen molar-refractivity contribution in [2.45, 2.75) is 32.4 Å². The molecule has 2 amide bonds. The van der Waals surface area contributed by atoms with Crippen molar-refractivity contribution < 1.29 is 9.59 Å². The fourth-order valence-corrected chi connectivity index (χ4v) is 3.22. The molecule has 154 valence electrons. The summed E-state index contributed by atoms with van der Waals surface area (Å²) in [5.74, 6) is -1.75. The molecule has 0 saturated heterocycles. The van der Waals surface area contributed by atoms with Crippen molar-refractivity contribution in [3.05, 3.63) is 84.2 Å². The molecule has 0 aliphatic carbocycles. The van der Waals surface area contributed by atoms with E-state index in [1.54, 1.807) is 6.20 Å². The zero-order valence-corrected chi connectivity index (χ0v) is 17.2. The number of rotatable bonds is 7. The lowest BCUT2D eigenvalue weighted by Crippen LogP contribution is -2.49. The van der Waals surface area contributed by atoms with Crippen molar-refractivity contribution >= 4 is 17.5 Å². The average Bonchev–Trinajstić information content (AvgIpc) is 2.73. The molecule has 0 spiro atoms. The van der Waals surface area contributed by atoms with E-state index >= 15 is 0 Å². The van der Waals surface area contributed by atoms with Crippen LogP contribution in [0.5, 0.6) is 0 Å². The van der Waals surface area contributed by atoms with Crippen LogP contribution in [0.3, 0.4) is 0 Å². The summed E-state index contributed by atoms with van der Waals surface area (Å²) in [4.78, 5) is 26.6. The van der Waals surface area contributed by atoms with Crippen LogP contribution in [0.1, 0.15) is 25.0 Å². The Morgan fingerprint density at radius 3 is 2.20 bits per heavy atom. The minimum atomic E-state index is -0.976. The van der Waals surface area contributed by atoms with Crippen LogP contribution >= 0.6 is 0 Å².